The van der Waals surface area contributed by atoms with E-state index in [4.69, 9.17) is 4.74 Å². The van der Waals surface area contributed by atoms with Crippen LogP contribution in [-0.2, 0) is 0 Å². The van der Waals surface area contributed by atoms with Crippen molar-refractivity contribution in [3.8, 4) is 5.75 Å². The smallest absolute Gasteiger partial charge is 0.125 e. The third-order valence-electron chi connectivity index (χ3n) is 3.68. The van der Waals surface area contributed by atoms with Crippen molar-refractivity contribution in [3.63, 3.8) is 0 Å². The summed E-state index contributed by atoms with van der Waals surface area (Å²) in [5, 5.41) is 3.47. The zero-order valence-electron chi connectivity index (χ0n) is 11.9. The quantitative estimate of drug-likeness (QED) is 0.844. The summed E-state index contributed by atoms with van der Waals surface area (Å²) in [7, 11) is 1.76. The van der Waals surface area contributed by atoms with Crippen LogP contribution in [0.3, 0.4) is 0 Å². The highest BCUT2D eigenvalue weighted by Crippen LogP contribution is 2.33. The standard InChI is InChI=1S/C15H25NO/c1-7-16-13(5)12(4)14-9-8-10(2)11(3)15(14)17-6/h8-9,12-13,16H,7H2,1-6H3. The lowest BCUT2D eigenvalue weighted by atomic mass is 9.90. The highest BCUT2D eigenvalue weighted by atomic mass is 16.5. The minimum atomic E-state index is 0.448. The Balaban J connectivity index is 3.09. The molecule has 1 aromatic carbocycles. The van der Waals surface area contributed by atoms with Crippen molar-refractivity contribution in [1.29, 1.82) is 0 Å². The van der Waals surface area contributed by atoms with Gasteiger partial charge in [0.25, 0.3) is 0 Å². The summed E-state index contributed by atoms with van der Waals surface area (Å²) in [6.07, 6.45) is 0. The third kappa shape index (κ3) is 3.01. The molecule has 0 aliphatic carbocycles. The van der Waals surface area contributed by atoms with Crippen molar-refractivity contribution in [2.45, 2.75) is 46.6 Å². The van der Waals surface area contributed by atoms with Crippen LogP contribution in [0.25, 0.3) is 0 Å². The van der Waals surface area contributed by atoms with Gasteiger partial charge in [-0.1, -0.05) is 26.0 Å². The highest BCUT2D eigenvalue weighted by molar-refractivity contribution is 5.47. The Morgan fingerprint density at radius 2 is 1.88 bits per heavy atom. The van der Waals surface area contributed by atoms with E-state index < -0.39 is 0 Å². The Morgan fingerprint density at radius 3 is 2.41 bits per heavy atom. The second kappa shape index (κ2) is 6.06. The number of aryl methyl sites for hydroxylation is 1. The summed E-state index contributed by atoms with van der Waals surface area (Å²) >= 11 is 0. The second-order valence-corrected chi connectivity index (χ2v) is 4.76. The maximum absolute atomic E-state index is 5.58. The molecule has 17 heavy (non-hydrogen) atoms. The predicted octanol–water partition coefficient (Wildman–Crippen LogP) is 3.41. The Labute approximate surface area is 105 Å². The SMILES string of the molecule is CCNC(C)C(C)c1ccc(C)c(C)c1OC. The van der Waals surface area contributed by atoms with Crippen LogP contribution in [-0.4, -0.2) is 19.7 Å². The highest BCUT2D eigenvalue weighted by Gasteiger charge is 2.19. The van der Waals surface area contributed by atoms with Gasteiger partial charge in [-0.3, -0.25) is 0 Å². The van der Waals surface area contributed by atoms with Crippen molar-refractivity contribution < 1.29 is 4.74 Å². The van der Waals surface area contributed by atoms with E-state index in [9.17, 15) is 0 Å². The van der Waals surface area contributed by atoms with Gasteiger partial charge in [-0.05, 0) is 49.9 Å². The Bertz CT molecular complexity index is 373. The van der Waals surface area contributed by atoms with E-state index >= 15 is 0 Å². The lowest BCUT2D eigenvalue weighted by molar-refractivity contribution is 0.394. The molecule has 0 aromatic heterocycles. The first-order valence-corrected chi connectivity index (χ1v) is 6.40. The zero-order valence-corrected chi connectivity index (χ0v) is 11.9. The average Bonchev–Trinajstić information content (AvgIpc) is 2.31. The van der Waals surface area contributed by atoms with Crippen LogP contribution in [0.15, 0.2) is 12.1 Å². The van der Waals surface area contributed by atoms with Crippen molar-refractivity contribution in [2.24, 2.45) is 0 Å². The molecule has 0 bridgehead atoms. The van der Waals surface area contributed by atoms with E-state index in [-0.39, 0.29) is 0 Å². The molecule has 0 radical (unpaired) electrons. The molecule has 2 nitrogen and oxygen atoms in total. The van der Waals surface area contributed by atoms with Gasteiger partial charge >= 0.3 is 0 Å². The van der Waals surface area contributed by atoms with E-state index in [0.29, 0.717) is 12.0 Å². The van der Waals surface area contributed by atoms with Gasteiger partial charge in [0.05, 0.1) is 7.11 Å². The Kier molecular flexibility index (Phi) is 5.01. The first kappa shape index (κ1) is 14.0. The van der Waals surface area contributed by atoms with Gasteiger partial charge < -0.3 is 10.1 Å². The zero-order chi connectivity index (χ0) is 13.0. The molecule has 0 amide bonds. The first-order valence-electron chi connectivity index (χ1n) is 6.40. The van der Waals surface area contributed by atoms with Crippen molar-refractivity contribution in [2.75, 3.05) is 13.7 Å². The molecule has 0 aliphatic heterocycles. The van der Waals surface area contributed by atoms with Crippen molar-refractivity contribution in [3.05, 3.63) is 28.8 Å². The van der Waals surface area contributed by atoms with Crippen LogP contribution >= 0.6 is 0 Å². The molecule has 2 heteroatoms. The number of rotatable bonds is 5. The molecule has 96 valence electrons. The summed E-state index contributed by atoms with van der Waals surface area (Å²) < 4.78 is 5.58. The molecule has 0 saturated carbocycles. The van der Waals surface area contributed by atoms with Gasteiger partial charge in [-0.25, -0.2) is 0 Å². The number of nitrogens with one attached hydrogen (secondary N) is 1. The molecule has 2 atom stereocenters. The number of benzene rings is 1. The molecule has 1 aromatic rings. The molecule has 0 fully saturated rings. The molecular weight excluding hydrogens is 210 g/mol. The minimum Gasteiger partial charge on any atom is -0.496 e. The predicted molar refractivity (Wildman–Crippen MR) is 74.0 cm³/mol. The summed E-state index contributed by atoms with van der Waals surface area (Å²) in [5.74, 6) is 1.49. The van der Waals surface area contributed by atoms with Crippen LogP contribution in [0, 0.1) is 13.8 Å². The summed E-state index contributed by atoms with van der Waals surface area (Å²) in [6, 6.07) is 4.83. The van der Waals surface area contributed by atoms with E-state index in [1.807, 2.05) is 0 Å². The number of likely N-dealkylation sites (N-methyl/N-ethyl adjacent to an activating group) is 1. The van der Waals surface area contributed by atoms with Gasteiger partial charge in [0, 0.05) is 6.04 Å². The molecule has 1 rings (SSSR count). The number of methoxy groups -OCH3 is 1. The largest absolute Gasteiger partial charge is 0.496 e. The lowest BCUT2D eigenvalue weighted by Crippen LogP contribution is -2.30. The van der Waals surface area contributed by atoms with Crippen LogP contribution in [0.1, 0.15) is 43.4 Å². The van der Waals surface area contributed by atoms with Gasteiger partial charge in [0.15, 0.2) is 0 Å². The number of hydrogen-bond acceptors (Lipinski definition) is 2. The molecule has 0 spiro atoms. The van der Waals surface area contributed by atoms with E-state index in [0.717, 1.165) is 12.3 Å². The minimum absolute atomic E-state index is 0.448. The molecule has 0 saturated heterocycles. The van der Waals surface area contributed by atoms with Crippen molar-refractivity contribution >= 4 is 0 Å². The van der Waals surface area contributed by atoms with Crippen LogP contribution in [0.4, 0.5) is 0 Å². The maximum atomic E-state index is 5.58. The molecule has 0 heterocycles. The summed E-state index contributed by atoms with van der Waals surface area (Å²) in [4.78, 5) is 0. The molecule has 0 aliphatic rings. The van der Waals surface area contributed by atoms with Crippen molar-refractivity contribution in [1.82, 2.24) is 5.32 Å². The van der Waals surface area contributed by atoms with Gasteiger partial charge in [-0.15, -0.1) is 0 Å². The Hall–Kier alpha value is -1.02. The van der Waals surface area contributed by atoms with E-state index in [2.05, 4.69) is 52.1 Å². The van der Waals surface area contributed by atoms with Crippen LogP contribution < -0.4 is 10.1 Å². The number of ether oxygens (including phenoxy) is 1. The first-order chi connectivity index (χ1) is 8.02. The number of hydrogen-bond donors (Lipinski definition) is 1. The topological polar surface area (TPSA) is 21.3 Å². The van der Waals surface area contributed by atoms with Gasteiger partial charge in [0.2, 0.25) is 0 Å². The Morgan fingerprint density at radius 1 is 1.24 bits per heavy atom. The molecule has 1 N–H and O–H groups in total. The van der Waals surface area contributed by atoms with E-state index in [1.54, 1.807) is 7.11 Å². The fourth-order valence-electron chi connectivity index (χ4n) is 2.21. The fraction of sp³-hybridized carbons (Fsp3) is 0.600. The van der Waals surface area contributed by atoms with Gasteiger partial charge in [-0.2, -0.15) is 0 Å². The summed E-state index contributed by atoms with van der Waals surface area (Å²) in [5.41, 5.74) is 3.83. The average molecular weight is 235 g/mol. The molecule has 2 unspecified atom stereocenters. The third-order valence-corrected chi connectivity index (χ3v) is 3.68. The normalized spacial score (nSPS) is 14.5. The monoisotopic (exact) mass is 235 g/mol. The maximum Gasteiger partial charge on any atom is 0.125 e. The molecular formula is C15H25NO. The fourth-order valence-corrected chi connectivity index (χ4v) is 2.21. The van der Waals surface area contributed by atoms with Gasteiger partial charge in [0.1, 0.15) is 5.75 Å². The summed E-state index contributed by atoms with van der Waals surface area (Å²) in [6.45, 7) is 11.9. The van der Waals surface area contributed by atoms with Crippen LogP contribution in [0.2, 0.25) is 0 Å². The lowest BCUT2D eigenvalue weighted by Gasteiger charge is -2.24. The second-order valence-electron chi connectivity index (χ2n) is 4.76. The van der Waals surface area contributed by atoms with Crippen LogP contribution in [0.5, 0.6) is 5.75 Å². The van der Waals surface area contributed by atoms with E-state index in [1.165, 1.54) is 16.7 Å².